The quantitative estimate of drug-likeness (QED) is 0.882. The molecule has 0 amide bonds. The molecule has 0 spiro atoms. The van der Waals surface area contributed by atoms with Crippen molar-refractivity contribution in [2.45, 2.75) is 42.9 Å². The van der Waals surface area contributed by atoms with Crippen LogP contribution in [0.25, 0.3) is 0 Å². The van der Waals surface area contributed by atoms with Crippen LogP contribution in [0.5, 0.6) is 0 Å². The van der Waals surface area contributed by atoms with Gasteiger partial charge in [-0.2, -0.15) is 0 Å². The normalized spacial score (nSPS) is 27.3. The van der Waals surface area contributed by atoms with Gasteiger partial charge in [-0.25, -0.2) is 0 Å². The zero-order valence-electron chi connectivity index (χ0n) is 10.7. The molecule has 1 aromatic rings. The molecule has 1 aromatic carbocycles. The van der Waals surface area contributed by atoms with Gasteiger partial charge in [0.1, 0.15) is 0 Å². The second-order valence-electron chi connectivity index (χ2n) is 5.38. The van der Waals surface area contributed by atoms with Crippen LogP contribution < -0.4 is 5.32 Å². The van der Waals surface area contributed by atoms with Gasteiger partial charge in [-0.1, -0.05) is 37.6 Å². The molecule has 1 aliphatic rings. The third-order valence-electron chi connectivity index (χ3n) is 3.71. The average Bonchev–Trinajstić information content (AvgIpc) is 2.57. The first-order valence-corrected chi connectivity index (χ1v) is 7.39. The van der Waals surface area contributed by atoms with Crippen molar-refractivity contribution in [3.8, 4) is 0 Å². The highest BCUT2D eigenvalue weighted by Gasteiger charge is 2.41. The fraction of sp³-hybridized carbons (Fsp3) is 0.571. The van der Waals surface area contributed by atoms with E-state index in [-0.39, 0.29) is 0 Å². The summed E-state index contributed by atoms with van der Waals surface area (Å²) in [5.41, 5.74) is 0.383. The molecule has 0 saturated heterocycles. The smallest absolute Gasteiger partial charge is 0.0541 e. The molecular weight excluding hydrogens is 250 g/mol. The Morgan fingerprint density at radius 1 is 1.35 bits per heavy atom. The molecule has 0 aromatic heterocycles. The molecule has 0 heterocycles. The van der Waals surface area contributed by atoms with Crippen molar-refractivity contribution < 1.29 is 0 Å². The van der Waals surface area contributed by atoms with Gasteiger partial charge in [0.05, 0.1) is 5.02 Å². The summed E-state index contributed by atoms with van der Waals surface area (Å²) >= 11 is 8.14. The molecule has 2 atom stereocenters. The summed E-state index contributed by atoms with van der Waals surface area (Å²) in [7, 11) is 2.07. The molecule has 0 radical (unpaired) electrons. The first-order chi connectivity index (χ1) is 8.04. The van der Waals surface area contributed by atoms with Gasteiger partial charge in [0.25, 0.3) is 0 Å². The first-order valence-electron chi connectivity index (χ1n) is 6.13. The summed E-state index contributed by atoms with van der Waals surface area (Å²) in [5.74, 6) is 0. The van der Waals surface area contributed by atoms with Gasteiger partial charge >= 0.3 is 0 Å². The second kappa shape index (κ2) is 5.21. The maximum atomic E-state index is 6.22. The molecule has 1 nitrogen and oxygen atoms in total. The third kappa shape index (κ3) is 2.81. The van der Waals surface area contributed by atoms with Crippen LogP contribution in [0.3, 0.4) is 0 Å². The van der Waals surface area contributed by atoms with Crippen LogP contribution >= 0.6 is 23.4 Å². The Labute approximate surface area is 113 Å². The first kappa shape index (κ1) is 13.3. The minimum atomic E-state index is 0.383. The maximum Gasteiger partial charge on any atom is 0.0541 e. The lowest BCUT2D eigenvalue weighted by molar-refractivity contribution is 0.300. The van der Waals surface area contributed by atoms with Crippen LogP contribution in [0.15, 0.2) is 29.2 Å². The Bertz CT molecular complexity index is 392. The van der Waals surface area contributed by atoms with Crippen molar-refractivity contribution in [1.29, 1.82) is 0 Å². The zero-order valence-corrected chi connectivity index (χ0v) is 12.2. The Hall–Kier alpha value is -0.180. The monoisotopic (exact) mass is 269 g/mol. The third-order valence-corrected chi connectivity index (χ3v) is 5.58. The van der Waals surface area contributed by atoms with Gasteiger partial charge in [0.2, 0.25) is 0 Å². The van der Waals surface area contributed by atoms with Crippen molar-refractivity contribution in [2.75, 3.05) is 7.05 Å². The summed E-state index contributed by atoms with van der Waals surface area (Å²) in [6.07, 6.45) is 2.54. The lowest BCUT2D eigenvalue weighted by Crippen LogP contribution is -2.41. The molecule has 0 aliphatic heterocycles. The molecule has 2 rings (SSSR count). The minimum absolute atomic E-state index is 0.383. The molecule has 1 aliphatic carbocycles. The van der Waals surface area contributed by atoms with Gasteiger partial charge in [0.15, 0.2) is 0 Å². The fourth-order valence-corrected chi connectivity index (χ4v) is 4.56. The number of rotatable bonds is 3. The highest BCUT2D eigenvalue weighted by molar-refractivity contribution is 8.00. The minimum Gasteiger partial charge on any atom is -0.315 e. The highest BCUT2D eigenvalue weighted by atomic mass is 35.5. The van der Waals surface area contributed by atoms with E-state index in [2.05, 4.69) is 38.3 Å². The van der Waals surface area contributed by atoms with Crippen LogP contribution in [0.2, 0.25) is 5.02 Å². The Morgan fingerprint density at radius 3 is 2.71 bits per heavy atom. The van der Waals surface area contributed by atoms with Crippen LogP contribution in [0.4, 0.5) is 0 Å². The standard InChI is InChI=1S/C14H20ClNS/c1-14(2)9-8-12(13(14)16-3)17-11-7-5-4-6-10(11)15/h4-7,12-13,16H,8-9H2,1-3H3. The summed E-state index contributed by atoms with van der Waals surface area (Å²) in [6.45, 7) is 4.70. The fourth-order valence-electron chi connectivity index (χ4n) is 2.75. The number of halogens is 1. The number of thioether (sulfide) groups is 1. The molecule has 1 saturated carbocycles. The predicted octanol–water partition coefficient (Wildman–Crippen LogP) is 4.21. The molecule has 1 fully saturated rings. The van der Waals surface area contributed by atoms with Crippen LogP contribution in [0, 0.1) is 5.41 Å². The maximum absolute atomic E-state index is 6.22. The van der Waals surface area contributed by atoms with Gasteiger partial charge in [0, 0.05) is 16.2 Å². The highest BCUT2D eigenvalue weighted by Crippen LogP contribution is 2.45. The molecule has 3 heteroatoms. The topological polar surface area (TPSA) is 12.0 Å². The Balaban J connectivity index is 2.12. The van der Waals surface area contributed by atoms with Gasteiger partial charge in [-0.05, 0) is 37.4 Å². The lowest BCUT2D eigenvalue weighted by Gasteiger charge is -2.30. The molecule has 0 bridgehead atoms. The van der Waals surface area contributed by atoms with E-state index in [0.717, 1.165) is 5.02 Å². The Kier molecular flexibility index (Phi) is 4.06. The largest absolute Gasteiger partial charge is 0.315 e. The molecule has 1 N–H and O–H groups in total. The van der Waals surface area contributed by atoms with Crippen LogP contribution in [-0.4, -0.2) is 18.3 Å². The van der Waals surface area contributed by atoms with Gasteiger partial charge in [-0.15, -0.1) is 11.8 Å². The number of hydrogen-bond acceptors (Lipinski definition) is 2. The molecule has 17 heavy (non-hydrogen) atoms. The summed E-state index contributed by atoms with van der Waals surface area (Å²) in [6, 6.07) is 8.69. The van der Waals surface area contributed by atoms with E-state index in [4.69, 9.17) is 11.6 Å². The molecule has 94 valence electrons. The summed E-state index contributed by atoms with van der Waals surface area (Å²) in [4.78, 5) is 1.21. The SMILES string of the molecule is CNC1C(Sc2ccccc2Cl)CCC1(C)C. The Morgan fingerprint density at radius 2 is 2.06 bits per heavy atom. The van der Waals surface area contributed by atoms with Gasteiger partial charge in [-0.3, -0.25) is 0 Å². The van der Waals surface area contributed by atoms with Crippen molar-refractivity contribution in [1.82, 2.24) is 5.32 Å². The molecule has 2 unspecified atom stereocenters. The van der Waals surface area contributed by atoms with Crippen molar-refractivity contribution in [2.24, 2.45) is 5.41 Å². The summed E-state index contributed by atoms with van der Waals surface area (Å²) in [5, 5.41) is 4.97. The van der Waals surface area contributed by atoms with Crippen molar-refractivity contribution in [3.63, 3.8) is 0 Å². The molecular formula is C14H20ClNS. The summed E-state index contributed by atoms with van der Waals surface area (Å²) < 4.78 is 0. The number of nitrogens with one attached hydrogen (secondary N) is 1. The van der Waals surface area contributed by atoms with Crippen LogP contribution in [0.1, 0.15) is 26.7 Å². The van der Waals surface area contributed by atoms with Crippen molar-refractivity contribution in [3.05, 3.63) is 29.3 Å². The van der Waals surface area contributed by atoms with E-state index >= 15 is 0 Å². The van der Waals surface area contributed by atoms with E-state index < -0.39 is 0 Å². The number of hydrogen-bond donors (Lipinski definition) is 1. The predicted molar refractivity (Wildman–Crippen MR) is 77.0 cm³/mol. The average molecular weight is 270 g/mol. The van der Waals surface area contributed by atoms with Crippen LogP contribution in [-0.2, 0) is 0 Å². The van der Waals surface area contributed by atoms with E-state index in [1.54, 1.807) is 0 Å². The second-order valence-corrected chi connectivity index (χ2v) is 7.07. The van der Waals surface area contributed by atoms with E-state index in [1.807, 2.05) is 23.9 Å². The zero-order chi connectivity index (χ0) is 12.5. The van der Waals surface area contributed by atoms with Gasteiger partial charge < -0.3 is 5.32 Å². The van der Waals surface area contributed by atoms with E-state index in [0.29, 0.717) is 16.7 Å². The number of benzene rings is 1. The van der Waals surface area contributed by atoms with E-state index in [1.165, 1.54) is 17.7 Å². The van der Waals surface area contributed by atoms with E-state index in [9.17, 15) is 0 Å². The van der Waals surface area contributed by atoms with Crippen molar-refractivity contribution >= 4 is 23.4 Å². The lowest BCUT2D eigenvalue weighted by atomic mass is 9.87.